The van der Waals surface area contributed by atoms with Crippen LogP contribution < -0.4 is 0 Å². The molecule has 0 spiro atoms. The van der Waals surface area contributed by atoms with Gasteiger partial charge < -0.3 is 4.57 Å². The van der Waals surface area contributed by atoms with Gasteiger partial charge >= 0.3 is 0 Å². The van der Waals surface area contributed by atoms with Gasteiger partial charge in [-0.15, -0.1) is 0 Å². The molecule has 0 fully saturated rings. The van der Waals surface area contributed by atoms with Crippen LogP contribution in [0.2, 0.25) is 5.02 Å². The molecule has 0 atom stereocenters. The first-order valence-electron chi connectivity index (χ1n) is 4.48. The van der Waals surface area contributed by atoms with Crippen molar-refractivity contribution >= 4 is 17.9 Å². The summed E-state index contributed by atoms with van der Waals surface area (Å²) in [5.41, 5.74) is 1.24. The summed E-state index contributed by atoms with van der Waals surface area (Å²) >= 11 is 6.06. The normalized spacial score (nSPS) is 10.3. The number of halogens is 1. The van der Waals surface area contributed by atoms with Crippen molar-refractivity contribution in [2.45, 2.75) is 6.92 Å². The number of benzene rings is 1. The first kappa shape index (κ1) is 9.93. The van der Waals surface area contributed by atoms with E-state index in [1.807, 2.05) is 6.92 Å². The molecular formula is C11H9ClN2O. The van der Waals surface area contributed by atoms with Crippen LogP contribution in [0.25, 0.3) is 5.69 Å². The molecule has 2 rings (SSSR count). The van der Waals surface area contributed by atoms with E-state index in [9.17, 15) is 4.79 Å². The number of hydrogen-bond donors (Lipinski definition) is 0. The topological polar surface area (TPSA) is 34.9 Å². The summed E-state index contributed by atoms with van der Waals surface area (Å²) in [4.78, 5) is 15.0. The first-order chi connectivity index (χ1) is 7.24. The van der Waals surface area contributed by atoms with E-state index in [1.54, 1.807) is 35.2 Å². The monoisotopic (exact) mass is 220 g/mol. The fraction of sp³-hybridized carbons (Fsp3) is 0.0909. The van der Waals surface area contributed by atoms with Crippen LogP contribution in [0.5, 0.6) is 0 Å². The summed E-state index contributed by atoms with van der Waals surface area (Å²) < 4.78 is 1.80. The van der Waals surface area contributed by atoms with Gasteiger partial charge in [0.15, 0.2) is 6.29 Å². The maximum absolute atomic E-state index is 10.9. The molecular weight excluding hydrogens is 212 g/mol. The maximum Gasteiger partial charge on any atom is 0.152 e. The van der Waals surface area contributed by atoms with Gasteiger partial charge in [0, 0.05) is 18.0 Å². The summed E-state index contributed by atoms with van der Waals surface area (Å²) in [6.07, 6.45) is 4.25. The second-order valence-corrected chi connectivity index (χ2v) is 3.55. The molecule has 2 aromatic rings. The number of para-hydroxylation sites is 1. The van der Waals surface area contributed by atoms with Crippen LogP contribution in [0.3, 0.4) is 0 Å². The lowest BCUT2D eigenvalue weighted by atomic mass is 10.2. The first-order valence-corrected chi connectivity index (χ1v) is 4.86. The number of carbonyl (C=O) groups is 1. The smallest absolute Gasteiger partial charge is 0.152 e. The zero-order valence-electron chi connectivity index (χ0n) is 8.14. The number of nitrogens with zero attached hydrogens (tertiary/aromatic N) is 2. The van der Waals surface area contributed by atoms with Crippen LogP contribution in [0.15, 0.2) is 30.6 Å². The number of imidazole rings is 1. The van der Waals surface area contributed by atoms with E-state index in [-0.39, 0.29) is 0 Å². The van der Waals surface area contributed by atoms with Crippen molar-refractivity contribution in [2.75, 3.05) is 0 Å². The molecule has 0 radical (unpaired) electrons. The molecule has 1 aromatic carbocycles. The SMILES string of the molecule is Cc1nccn1-c1c(Cl)cccc1C=O. The van der Waals surface area contributed by atoms with Crippen molar-refractivity contribution < 1.29 is 4.79 Å². The van der Waals surface area contributed by atoms with Crippen molar-refractivity contribution in [1.82, 2.24) is 9.55 Å². The second kappa shape index (κ2) is 3.87. The van der Waals surface area contributed by atoms with Crippen molar-refractivity contribution in [1.29, 1.82) is 0 Å². The Labute approximate surface area is 92.3 Å². The maximum atomic E-state index is 10.9. The fourth-order valence-electron chi connectivity index (χ4n) is 1.50. The Morgan fingerprint density at radius 3 is 2.87 bits per heavy atom. The minimum atomic E-state index is 0.542. The zero-order chi connectivity index (χ0) is 10.8. The molecule has 0 N–H and O–H groups in total. The van der Waals surface area contributed by atoms with Crippen molar-refractivity contribution in [3.63, 3.8) is 0 Å². The molecule has 0 aliphatic rings. The highest BCUT2D eigenvalue weighted by atomic mass is 35.5. The van der Waals surface area contributed by atoms with Gasteiger partial charge in [0.2, 0.25) is 0 Å². The lowest BCUT2D eigenvalue weighted by Gasteiger charge is -2.09. The number of hydrogen-bond acceptors (Lipinski definition) is 2. The zero-order valence-corrected chi connectivity index (χ0v) is 8.90. The highest BCUT2D eigenvalue weighted by Gasteiger charge is 2.09. The summed E-state index contributed by atoms with van der Waals surface area (Å²) in [5, 5.41) is 0.542. The van der Waals surface area contributed by atoms with Crippen LogP contribution in [0.1, 0.15) is 16.2 Å². The third-order valence-corrected chi connectivity index (χ3v) is 2.52. The van der Waals surface area contributed by atoms with Crippen LogP contribution in [0, 0.1) is 6.92 Å². The number of aromatic nitrogens is 2. The van der Waals surface area contributed by atoms with Gasteiger partial charge in [0.1, 0.15) is 5.82 Å². The third-order valence-electron chi connectivity index (χ3n) is 2.21. The minimum absolute atomic E-state index is 0.542. The number of aldehydes is 1. The molecule has 1 aromatic heterocycles. The molecule has 0 aliphatic carbocycles. The van der Waals surface area contributed by atoms with E-state index in [0.717, 1.165) is 12.1 Å². The highest BCUT2D eigenvalue weighted by molar-refractivity contribution is 6.32. The molecule has 0 saturated heterocycles. The van der Waals surface area contributed by atoms with Crippen LogP contribution in [-0.4, -0.2) is 15.8 Å². The number of rotatable bonds is 2. The molecule has 15 heavy (non-hydrogen) atoms. The largest absolute Gasteiger partial charge is 0.302 e. The number of aryl methyl sites for hydroxylation is 1. The predicted octanol–water partition coefficient (Wildman–Crippen LogP) is 2.65. The molecule has 0 aliphatic heterocycles. The molecule has 0 unspecified atom stereocenters. The quantitative estimate of drug-likeness (QED) is 0.730. The lowest BCUT2D eigenvalue weighted by Crippen LogP contribution is -2.01. The molecule has 0 saturated carbocycles. The van der Waals surface area contributed by atoms with E-state index in [4.69, 9.17) is 11.6 Å². The van der Waals surface area contributed by atoms with E-state index < -0.39 is 0 Å². The Morgan fingerprint density at radius 2 is 2.27 bits per heavy atom. The Morgan fingerprint density at radius 1 is 1.47 bits per heavy atom. The Bertz CT molecular complexity index is 505. The van der Waals surface area contributed by atoms with E-state index >= 15 is 0 Å². The highest BCUT2D eigenvalue weighted by Crippen LogP contribution is 2.24. The molecule has 4 heteroatoms. The molecule has 76 valence electrons. The van der Waals surface area contributed by atoms with E-state index in [0.29, 0.717) is 16.3 Å². The molecule has 1 heterocycles. The average molecular weight is 221 g/mol. The second-order valence-electron chi connectivity index (χ2n) is 3.14. The minimum Gasteiger partial charge on any atom is -0.302 e. The Balaban J connectivity index is 2.71. The van der Waals surface area contributed by atoms with Crippen molar-refractivity contribution in [3.05, 3.63) is 47.0 Å². The van der Waals surface area contributed by atoms with Gasteiger partial charge in [-0.05, 0) is 19.1 Å². The van der Waals surface area contributed by atoms with Gasteiger partial charge in [-0.1, -0.05) is 17.7 Å². The van der Waals surface area contributed by atoms with Gasteiger partial charge in [0.25, 0.3) is 0 Å². The van der Waals surface area contributed by atoms with Crippen LogP contribution in [0.4, 0.5) is 0 Å². The standard InChI is InChI=1S/C11H9ClN2O/c1-8-13-5-6-14(8)11-9(7-15)3-2-4-10(11)12/h2-7H,1H3. The summed E-state index contributed by atoms with van der Waals surface area (Å²) in [6, 6.07) is 5.23. The van der Waals surface area contributed by atoms with Crippen molar-refractivity contribution in [2.24, 2.45) is 0 Å². The van der Waals surface area contributed by atoms with Gasteiger partial charge in [-0.2, -0.15) is 0 Å². The number of carbonyl (C=O) groups excluding carboxylic acids is 1. The third kappa shape index (κ3) is 1.66. The van der Waals surface area contributed by atoms with Gasteiger partial charge in [-0.25, -0.2) is 4.98 Å². The summed E-state index contributed by atoms with van der Waals surface area (Å²) in [5.74, 6) is 0.797. The predicted molar refractivity (Wildman–Crippen MR) is 58.7 cm³/mol. The Kier molecular flexibility index (Phi) is 2.56. The average Bonchev–Trinajstić information content (AvgIpc) is 2.64. The Hall–Kier alpha value is -1.61. The van der Waals surface area contributed by atoms with E-state index in [2.05, 4.69) is 4.98 Å². The van der Waals surface area contributed by atoms with Crippen LogP contribution in [-0.2, 0) is 0 Å². The summed E-state index contributed by atoms with van der Waals surface area (Å²) in [7, 11) is 0. The fourth-order valence-corrected chi connectivity index (χ4v) is 1.77. The van der Waals surface area contributed by atoms with Gasteiger partial charge in [-0.3, -0.25) is 4.79 Å². The van der Waals surface area contributed by atoms with Crippen molar-refractivity contribution in [3.8, 4) is 5.69 Å². The van der Waals surface area contributed by atoms with E-state index in [1.165, 1.54) is 0 Å². The van der Waals surface area contributed by atoms with Gasteiger partial charge in [0.05, 0.1) is 10.7 Å². The van der Waals surface area contributed by atoms with Crippen LogP contribution >= 0.6 is 11.6 Å². The molecule has 0 amide bonds. The summed E-state index contributed by atoms with van der Waals surface area (Å²) in [6.45, 7) is 1.86. The molecule has 3 nitrogen and oxygen atoms in total. The molecule has 0 bridgehead atoms. The lowest BCUT2D eigenvalue weighted by molar-refractivity contribution is 0.112.